The van der Waals surface area contributed by atoms with Crippen LogP contribution in [0, 0.1) is 0 Å². The summed E-state index contributed by atoms with van der Waals surface area (Å²) in [5, 5.41) is 5.03. The Kier molecular flexibility index (Phi) is 4.48. The lowest BCUT2D eigenvalue weighted by Crippen LogP contribution is -2.32. The highest BCUT2D eigenvalue weighted by atomic mass is 32.2. The molecule has 0 fully saturated rings. The summed E-state index contributed by atoms with van der Waals surface area (Å²) in [5.74, 6) is 0.110. The van der Waals surface area contributed by atoms with Gasteiger partial charge in [-0.1, -0.05) is 6.07 Å². The van der Waals surface area contributed by atoms with Crippen LogP contribution in [0.25, 0.3) is 0 Å². The molecule has 0 aliphatic rings. The van der Waals surface area contributed by atoms with Crippen molar-refractivity contribution in [2.45, 2.75) is 25.1 Å². The molecule has 4 heteroatoms. The van der Waals surface area contributed by atoms with Crippen molar-refractivity contribution in [3.8, 4) is 0 Å². The van der Waals surface area contributed by atoms with E-state index in [0.717, 1.165) is 0 Å². The highest BCUT2D eigenvalue weighted by Gasteiger charge is 2.15. The SMILES string of the molecule is CS[C@@H](C)C(=O)N[C@H](C)c1cccs1. The van der Waals surface area contributed by atoms with Crippen LogP contribution >= 0.6 is 23.1 Å². The van der Waals surface area contributed by atoms with Gasteiger partial charge in [-0.15, -0.1) is 11.3 Å². The van der Waals surface area contributed by atoms with Gasteiger partial charge in [-0.2, -0.15) is 11.8 Å². The summed E-state index contributed by atoms with van der Waals surface area (Å²) in [6.07, 6.45) is 1.94. The molecule has 2 atom stereocenters. The van der Waals surface area contributed by atoms with E-state index < -0.39 is 0 Å². The average molecular weight is 229 g/mol. The zero-order chi connectivity index (χ0) is 10.6. The van der Waals surface area contributed by atoms with Crippen LogP contribution in [0.4, 0.5) is 0 Å². The van der Waals surface area contributed by atoms with Crippen LogP contribution in [0.3, 0.4) is 0 Å². The fourth-order valence-electron chi connectivity index (χ4n) is 1.05. The molecule has 0 bridgehead atoms. The molecule has 0 saturated heterocycles. The van der Waals surface area contributed by atoms with E-state index in [2.05, 4.69) is 5.32 Å². The van der Waals surface area contributed by atoms with Crippen LogP contribution in [0.5, 0.6) is 0 Å². The number of thioether (sulfide) groups is 1. The summed E-state index contributed by atoms with van der Waals surface area (Å²) >= 11 is 3.23. The van der Waals surface area contributed by atoms with Crippen molar-refractivity contribution < 1.29 is 4.79 Å². The molecule has 1 aromatic heterocycles. The third kappa shape index (κ3) is 3.03. The lowest BCUT2D eigenvalue weighted by atomic mass is 10.2. The summed E-state index contributed by atoms with van der Waals surface area (Å²) < 4.78 is 0. The molecule has 0 saturated carbocycles. The van der Waals surface area contributed by atoms with Crippen molar-refractivity contribution in [2.75, 3.05) is 6.26 Å². The predicted molar refractivity (Wildman–Crippen MR) is 63.9 cm³/mol. The third-order valence-corrected chi connectivity index (χ3v) is 4.03. The number of carbonyl (C=O) groups is 1. The number of amides is 1. The van der Waals surface area contributed by atoms with E-state index in [0.29, 0.717) is 0 Å². The van der Waals surface area contributed by atoms with E-state index in [1.165, 1.54) is 4.88 Å². The van der Waals surface area contributed by atoms with E-state index in [-0.39, 0.29) is 17.2 Å². The Labute approximate surface area is 93.1 Å². The second kappa shape index (κ2) is 5.41. The van der Waals surface area contributed by atoms with Crippen LogP contribution < -0.4 is 5.32 Å². The topological polar surface area (TPSA) is 29.1 Å². The van der Waals surface area contributed by atoms with Gasteiger partial charge < -0.3 is 5.32 Å². The van der Waals surface area contributed by atoms with Crippen molar-refractivity contribution in [1.29, 1.82) is 0 Å². The second-order valence-electron chi connectivity index (χ2n) is 3.12. The molecule has 1 rings (SSSR count). The van der Waals surface area contributed by atoms with Crippen molar-refractivity contribution in [3.05, 3.63) is 22.4 Å². The van der Waals surface area contributed by atoms with E-state index in [4.69, 9.17) is 0 Å². The molecule has 0 aliphatic carbocycles. The highest BCUT2D eigenvalue weighted by molar-refractivity contribution is 7.99. The van der Waals surface area contributed by atoms with Gasteiger partial charge in [0.1, 0.15) is 0 Å². The summed E-state index contributed by atoms with van der Waals surface area (Å²) in [4.78, 5) is 12.8. The molecule has 0 unspecified atom stereocenters. The number of hydrogen-bond acceptors (Lipinski definition) is 3. The Balaban J connectivity index is 2.49. The quantitative estimate of drug-likeness (QED) is 0.860. The Morgan fingerprint density at radius 1 is 1.57 bits per heavy atom. The van der Waals surface area contributed by atoms with Crippen molar-refractivity contribution >= 4 is 29.0 Å². The van der Waals surface area contributed by atoms with Gasteiger partial charge in [0.15, 0.2) is 0 Å². The molecule has 0 spiro atoms. The third-order valence-electron chi connectivity index (χ3n) is 2.05. The van der Waals surface area contributed by atoms with Gasteiger partial charge in [0.05, 0.1) is 11.3 Å². The number of carbonyl (C=O) groups excluding carboxylic acids is 1. The summed E-state index contributed by atoms with van der Waals surface area (Å²) in [5.41, 5.74) is 0. The maximum atomic E-state index is 11.6. The molecule has 1 aromatic rings. The molecule has 1 heterocycles. The van der Waals surface area contributed by atoms with Crippen LogP contribution in [0.2, 0.25) is 0 Å². The largest absolute Gasteiger partial charge is 0.348 e. The second-order valence-corrected chi connectivity index (χ2v) is 5.28. The molecule has 0 radical (unpaired) electrons. The zero-order valence-corrected chi connectivity index (χ0v) is 10.2. The Morgan fingerprint density at radius 3 is 2.79 bits per heavy atom. The zero-order valence-electron chi connectivity index (χ0n) is 8.61. The summed E-state index contributed by atoms with van der Waals surface area (Å²) in [6, 6.07) is 4.16. The Hall–Kier alpha value is -0.480. The smallest absolute Gasteiger partial charge is 0.233 e. The first-order valence-electron chi connectivity index (χ1n) is 4.51. The molecule has 14 heavy (non-hydrogen) atoms. The van der Waals surface area contributed by atoms with Crippen molar-refractivity contribution in [2.24, 2.45) is 0 Å². The maximum absolute atomic E-state index is 11.6. The summed E-state index contributed by atoms with van der Waals surface area (Å²) in [7, 11) is 0. The van der Waals surface area contributed by atoms with Gasteiger partial charge in [0, 0.05) is 4.88 Å². The fourth-order valence-corrected chi connectivity index (χ4v) is 2.06. The molecular formula is C10H15NOS2. The van der Waals surface area contributed by atoms with Gasteiger partial charge in [0.25, 0.3) is 0 Å². The number of thiophene rings is 1. The van der Waals surface area contributed by atoms with Gasteiger partial charge in [-0.25, -0.2) is 0 Å². The first-order valence-corrected chi connectivity index (χ1v) is 6.68. The summed E-state index contributed by atoms with van der Waals surface area (Å²) in [6.45, 7) is 3.93. The minimum Gasteiger partial charge on any atom is -0.348 e. The van der Waals surface area contributed by atoms with E-state index in [9.17, 15) is 4.79 Å². The van der Waals surface area contributed by atoms with E-state index in [1.54, 1.807) is 23.1 Å². The Morgan fingerprint density at radius 2 is 2.29 bits per heavy atom. The molecule has 0 aliphatic heterocycles. The van der Waals surface area contributed by atoms with Gasteiger partial charge in [0.2, 0.25) is 5.91 Å². The lowest BCUT2D eigenvalue weighted by Gasteiger charge is -2.14. The van der Waals surface area contributed by atoms with Crippen LogP contribution in [0.1, 0.15) is 24.8 Å². The highest BCUT2D eigenvalue weighted by Crippen LogP contribution is 2.18. The van der Waals surface area contributed by atoms with Crippen LogP contribution in [-0.2, 0) is 4.79 Å². The minimum absolute atomic E-state index is 0.0254. The van der Waals surface area contributed by atoms with Gasteiger partial charge >= 0.3 is 0 Å². The van der Waals surface area contributed by atoms with Gasteiger partial charge in [-0.3, -0.25) is 4.79 Å². The maximum Gasteiger partial charge on any atom is 0.233 e. The lowest BCUT2D eigenvalue weighted by molar-refractivity contribution is -0.120. The van der Waals surface area contributed by atoms with E-state index >= 15 is 0 Å². The monoisotopic (exact) mass is 229 g/mol. The minimum atomic E-state index is 0.0254. The van der Waals surface area contributed by atoms with E-state index in [1.807, 2.05) is 37.6 Å². The van der Waals surface area contributed by atoms with Crippen molar-refractivity contribution in [3.63, 3.8) is 0 Å². The normalized spacial score (nSPS) is 14.8. The molecule has 2 nitrogen and oxygen atoms in total. The first kappa shape index (κ1) is 11.6. The number of hydrogen-bond donors (Lipinski definition) is 1. The van der Waals surface area contributed by atoms with Crippen molar-refractivity contribution in [1.82, 2.24) is 5.32 Å². The predicted octanol–water partition coefficient (Wildman–Crippen LogP) is 2.68. The van der Waals surface area contributed by atoms with Gasteiger partial charge in [-0.05, 0) is 31.5 Å². The molecule has 78 valence electrons. The molecule has 0 aromatic carbocycles. The average Bonchev–Trinajstić information content (AvgIpc) is 2.69. The number of rotatable bonds is 4. The molecule has 1 N–H and O–H groups in total. The number of nitrogens with one attached hydrogen (secondary N) is 1. The Bertz CT molecular complexity index is 284. The fraction of sp³-hybridized carbons (Fsp3) is 0.500. The standard InChI is InChI=1S/C10H15NOS2/c1-7(9-5-4-6-14-9)11-10(12)8(2)13-3/h4-8H,1-3H3,(H,11,12)/t7-,8+/m1/s1. The van der Waals surface area contributed by atoms with Crippen LogP contribution in [-0.4, -0.2) is 17.4 Å². The first-order chi connectivity index (χ1) is 6.65. The molecular weight excluding hydrogens is 214 g/mol. The molecule has 1 amide bonds. The van der Waals surface area contributed by atoms with Crippen LogP contribution in [0.15, 0.2) is 17.5 Å².